The Kier molecular flexibility index (Phi) is 5.38. The van der Waals surface area contributed by atoms with Crippen LogP contribution in [0.2, 0.25) is 0 Å². The van der Waals surface area contributed by atoms with E-state index in [1.165, 1.54) is 12.7 Å². The summed E-state index contributed by atoms with van der Waals surface area (Å²) in [7, 11) is 0. The van der Waals surface area contributed by atoms with Gasteiger partial charge in [-0.05, 0) is 62.9 Å². The molecule has 1 aliphatic rings. The Morgan fingerprint density at radius 1 is 1.33 bits per heavy atom. The van der Waals surface area contributed by atoms with Crippen molar-refractivity contribution >= 4 is 11.6 Å². The predicted octanol–water partition coefficient (Wildman–Crippen LogP) is 2.54. The van der Waals surface area contributed by atoms with Gasteiger partial charge in [0.15, 0.2) is 0 Å². The van der Waals surface area contributed by atoms with Crippen molar-refractivity contribution in [2.45, 2.75) is 32.2 Å². The van der Waals surface area contributed by atoms with E-state index < -0.39 is 0 Å². The van der Waals surface area contributed by atoms with Crippen molar-refractivity contribution in [3.63, 3.8) is 0 Å². The summed E-state index contributed by atoms with van der Waals surface area (Å²) in [6.45, 7) is 2.78. The second-order valence-corrected chi connectivity index (χ2v) is 6.16. The minimum atomic E-state index is -0.217. The molecule has 0 saturated heterocycles. The number of nitrogens with one attached hydrogen (secondary N) is 2. The predicted molar refractivity (Wildman–Crippen MR) is 93.9 cm³/mol. The summed E-state index contributed by atoms with van der Waals surface area (Å²) in [6.07, 6.45) is 11.0. The first-order valence-electron chi connectivity index (χ1n) is 8.36. The van der Waals surface area contributed by atoms with Gasteiger partial charge in [0.2, 0.25) is 5.91 Å². The molecule has 2 N–H and O–H groups in total. The fourth-order valence-corrected chi connectivity index (χ4v) is 2.77. The SMILES string of the molecule is C[C@H](NC[C@H]1CC=CCC1)C(=O)Nc1ccc(-n2cncn2)cc1. The molecule has 0 bridgehead atoms. The Balaban J connectivity index is 1.49. The van der Waals surface area contributed by atoms with E-state index in [0.717, 1.165) is 30.8 Å². The topological polar surface area (TPSA) is 71.8 Å². The quantitative estimate of drug-likeness (QED) is 0.801. The van der Waals surface area contributed by atoms with Gasteiger partial charge >= 0.3 is 0 Å². The van der Waals surface area contributed by atoms with Gasteiger partial charge in [-0.3, -0.25) is 4.79 Å². The van der Waals surface area contributed by atoms with E-state index in [1.807, 2.05) is 31.2 Å². The molecule has 1 aromatic carbocycles. The van der Waals surface area contributed by atoms with Gasteiger partial charge in [0.1, 0.15) is 12.7 Å². The minimum absolute atomic E-state index is 0.0187. The molecule has 6 heteroatoms. The Morgan fingerprint density at radius 2 is 2.17 bits per heavy atom. The molecule has 2 aromatic rings. The van der Waals surface area contributed by atoms with Crippen molar-refractivity contribution in [3.8, 4) is 5.69 Å². The van der Waals surface area contributed by atoms with Crippen LogP contribution in [0.25, 0.3) is 5.69 Å². The van der Waals surface area contributed by atoms with Gasteiger partial charge in [0, 0.05) is 5.69 Å². The molecule has 1 aromatic heterocycles. The second kappa shape index (κ2) is 7.88. The number of amides is 1. The summed E-state index contributed by atoms with van der Waals surface area (Å²) in [5, 5.41) is 10.4. The first kappa shape index (κ1) is 16.4. The van der Waals surface area contributed by atoms with Crippen LogP contribution in [0.1, 0.15) is 26.2 Å². The van der Waals surface area contributed by atoms with Crippen LogP contribution in [0.4, 0.5) is 5.69 Å². The van der Waals surface area contributed by atoms with Gasteiger partial charge in [-0.2, -0.15) is 5.10 Å². The number of rotatable bonds is 6. The van der Waals surface area contributed by atoms with Crippen molar-refractivity contribution in [2.75, 3.05) is 11.9 Å². The molecule has 1 heterocycles. The fraction of sp³-hybridized carbons (Fsp3) is 0.389. The second-order valence-electron chi connectivity index (χ2n) is 6.16. The molecule has 0 aliphatic heterocycles. The molecule has 0 spiro atoms. The average Bonchev–Trinajstić information content (AvgIpc) is 3.16. The molecular weight excluding hydrogens is 302 g/mol. The van der Waals surface area contributed by atoms with E-state index in [4.69, 9.17) is 0 Å². The number of allylic oxidation sites excluding steroid dienone is 2. The molecule has 0 fully saturated rings. The van der Waals surface area contributed by atoms with Crippen LogP contribution in [-0.2, 0) is 4.79 Å². The van der Waals surface area contributed by atoms with Crippen LogP contribution in [-0.4, -0.2) is 33.3 Å². The highest BCUT2D eigenvalue weighted by atomic mass is 16.2. The molecule has 0 saturated carbocycles. The third kappa shape index (κ3) is 4.29. The maximum Gasteiger partial charge on any atom is 0.241 e. The molecule has 3 rings (SSSR count). The molecular formula is C18H23N5O. The minimum Gasteiger partial charge on any atom is -0.325 e. The van der Waals surface area contributed by atoms with Gasteiger partial charge < -0.3 is 10.6 Å². The van der Waals surface area contributed by atoms with Crippen molar-refractivity contribution in [1.82, 2.24) is 20.1 Å². The van der Waals surface area contributed by atoms with E-state index in [9.17, 15) is 4.79 Å². The Morgan fingerprint density at radius 3 is 2.83 bits per heavy atom. The highest BCUT2D eigenvalue weighted by molar-refractivity contribution is 5.94. The van der Waals surface area contributed by atoms with E-state index in [0.29, 0.717) is 5.92 Å². The Labute approximate surface area is 142 Å². The number of benzene rings is 1. The summed E-state index contributed by atoms with van der Waals surface area (Å²) in [6, 6.07) is 7.32. The maximum atomic E-state index is 12.3. The highest BCUT2D eigenvalue weighted by Gasteiger charge is 2.16. The van der Waals surface area contributed by atoms with E-state index in [2.05, 4.69) is 32.9 Å². The molecule has 1 amide bonds. The maximum absolute atomic E-state index is 12.3. The zero-order valence-corrected chi connectivity index (χ0v) is 13.9. The standard InChI is InChI=1S/C18H23N5O/c1-14(20-11-15-5-3-2-4-6-15)18(24)22-16-7-9-17(10-8-16)23-13-19-12-21-23/h2-3,7-10,12-15,20H,4-6,11H2,1H3,(H,22,24)/t14-,15-/m0/s1. The fourth-order valence-electron chi connectivity index (χ4n) is 2.77. The van der Waals surface area contributed by atoms with Crippen molar-refractivity contribution < 1.29 is 4.79 Å². The first-order valence-corrected chi connectivity index (χ1v) is 8.36. The van der Waals surface area contributed by atoms with Crippen LogP contribution < -0.4 is 10.6 Å². The van der Waals surface area contributed by atoms with Crippen molar-refractivity contribution in [1.29, 1.82) is 0 Å². The number of carbonyl (C=O) groups excluding carboxylic acids is 1. The van der Waals surface area contributed by atoms with Gasteiger partial charge in [0.05, 0.1) is 11.7 Å². The van der Waals surface area contributed by atoms with Gasteiger partial charge in [-0.25, -0.2) is 9.67 Å². The lowest BCUT2D eigenvalue weighted by atomic mass is 9.94. The molecule has 0 unspecified atom stereocenters. The van der Waals surface area contributed by atoms with Crippen molar-refractivity contribution in [3.05, 3.63) is 49.1 Å². The summed E-state index contributed by atoms with van der Waals surface area (Å²) >= 11 is 0. The number of hydrogen-bond acceptors (Lipinski definition) is 4. The lowest BCUT2D eigenvalue weighted by Gasteiger charge is -2.21. The number of nitrogens with zero attached hydrogens (tertiary/aromatic N) is 3. The van der Waals surface area contributed by atoms with E-state index in [-0.39, 0.29) is 11.9 Å². The number of anilines is 1. The first-order chi connectivity index (χ1) is 11.7. The zero-order valence-electron chi connectivity index (χ0n) is 13.9. The Hall–Kier alpha value is -2.47. The van der Waals surface area contributed by atoms with Gasteiger partial charge in [-0.1, -0.05) is 12.2 Å². The smallest absolute Gasteiger partial charge is 0.241 e. The third-order valence-electron chi connectivity index (χ3n) is 4.30. The summed E-state index contributed by atoms with van der Waals surface area (Å²) in [4.78, 5) is 16.2. The van der Waals surface area contributed by atoms with Crippen LogP contribution in [0.5, 0.6) is 0 Å². The molecule has 6 nitrogen and oxygen atoms in total. The van der Waals surface area contributed by atoms with Crippen LogP contribution in [0, 0.1) is 5.92 Å². The average molecular weight is 325 g/mol. The monoisotopic (exact) mass is 325 g/mol. The molecule has 1 aliphatic carbocycles. The van der Waals surface area contributed by atoms with Gasteiger partial charge in [0.25, 0.3) is 0 Å². The third-order valence-corrected chi connectivity index (χ3v) is 4.30. The summed E-state index contributed by atoms with van der Waals surface area (Å²) in [5.41, 5.74) is 1.68. The number of hydrogen-bond donors (Lipinski definition) is 2. The van der Waals surface area contributed by atoms with Gasteiger partial charge in [-0.15, -0.1) is 0 Å². The molecule has 24 heavy (non-hydrogen) atoms. The zero-order chi connectivity index (χ0) is 16.8. The largest absolute Gasteiger partial charge is 0.325 e. The number of aromatic nitrogens is 3. The summed E-state index contributed by atoms with van der Waals surface area (Å²) in [5.74, 6) is 0.613. The Bertz CT molecular complexity index is 678. The van der Waals surface area contributed by atoms with Crippen LogP contribution in [0.3, 0.4) is 0 Å². The molecule has 0 radical (unpaired) electrons. The number of carbonyl (C=O) groups is 1. The van der Waals surface area contributed by atoms with E-state index >= 15 is 0 Å². The molecule has 2 atom stereocenters. The summed E-state index contributed by atoms with van der Waals surface area (Å²) < 4.78 is 1.68. The normalized spacial score (nSPS) is 18.3. The lowest BCUT2D eigenvalue weighted by molar-refractivity contribution is -0.117. The molecule has 126 valence electrons. The van der Waals surface area contributed by atoms with Crippen LogP contribution >= 0.6 is 0 Å². The van der Waals surface area contributed by atoms with Crippen LogP contribution in [0.15, 0.2) is 49.1 Å². The van der Waals surface area contributed by atoms with Crippen molar-refractivity contribution in [2.24, 2.45) is 5.92 Å². The highest BCUT2D eigenvalue weighted by Crippen LogP contribution is 2.17. The van der Waals surface area contributed by atoms with E-state index in [1.54, 1.807) is 11.0 Å². The lowest BCUT2D eigenvalue weighted by Crippen LogP contribution is -2.40.